The van der Waals surface area contributed by atoms with Crippen LogP contribution in [0.5, 0.6) is 0 Å². The Morgan fingerprint density at radius 3 is 3.40 bits per heavy atom. The molecular weight excluding hydrogens is 144 g/mol. The van der Waals surface area contributed by atoms with Crippen molar-refractivity contribution in [3.63, 3.8) is 0 Å². The number of hydrogen-bond acceptors (Lipinski definition) is 3. The molecule has 0 atom stereocenters. The molecule has 2 heterocycles. The highest BCUT2D eigenvalue weighted by Crippen LogP contribution is 2.23. The molecule has 0 radical (unpaired) electrons. The molecule has 1 aliphatic heterocycles. The first-order valence-electron chi connectivity index (χ1n) is 3.18. The zero-order valence-corrected chi connectivity index (χ0v) is 6.24. The Morgan fingerprint density at radius 1 is 1.40 bits per heavy atom. The highest BCUT2D eigenvalue weighted by molar-refractivity contribution is 7.14. The third-order valence-electron chi connectivity index (χ3n) is 1.45. The lowest BCUT2D eigenvalue weighted by molar-refractivity contribution is 0.882. The van der Waals surface area contributed by atoms with Crippen LogP contribution in [0.15, 0.2) is 23.8 Å². The number of thiophene rings is 1. The summed E-state index contributed by atoms with van der Waals surface area (Å²) in [6, 6.07) is 2.13. The summed E-state index contributed by atoms with van der Waals surface area (Å²) in [5.74, 6) is 0. The summed E-state index contributed by atoms with van der Waals surface area (Å²) in [5.41, 5.74) is 1.34. The summed E-state index contributed by atoms with van der Waals surface area (Å²) in [6.07, 6.45) is 3.84. The molecule has 2 nitrogen and oxygen atoms in total. The van der Waals surface area contributed by atoms with Gasteiger partial charge in [-0.15, -0.1) is 11.3 Å². The summed E-state index contributed by atoms with van der Waals surface area (Å²) in [6.45, 7) is 0.933. The van der Waals surface area contributed by atoms with Gasteiger partial charge in [-0.2, -0.15) is 0 Å². The fraction of sp³-hybridized carbons (Fsp3) is 0.143. The van der Waals surface area contributed by atoms with Gasteiger partial charge in [-0.3, -0.25) is 0 Å². The van der Waals surface area contributed by atoms with Crippen LogP contribution >= 0.6 is 11.3 Å². The highest BCUT2D eigenvalue weighted by Gasteiger charge is 2.02. The first kappa shape index (κ1) is 5.80. The van der Waals surface area contributed by atoms with E-state index in [1.165, 1.54) is 10.6 Å². The molecule has 0 bridgehead atoms. The molecule has 0 saturated heterocycles. The zero-order valence-electron chi connectivity index (χ0n) is 5.42. The molecule has 10 heavy (non-hydrogen) atoms. The molecule has 1 aromatic heterocycles. The molecule has 2 N–H and O–H groups in total. The van der Waals surface area contributed by atoms with Gasteiger partial charge in [0.1, 0.15) is 0 Å². The van der Waals surface area contributed by atoms with Crippen LogP contribution in [0.2, 0.25) is 0 Å². The molecular formula is C7H8N2S. The summed E-state index contributed by atoms with van der Waals surface area (Å²) >= 11 is 1.74. The molecule has 0 spiro atoms. The van der Waals surface area contributed by atoms with Gasteiger partial charge in [0.25, 0.3) is 0 Å². The van der Waals surface area contributed by atoms with Crippen LogP contribution in [0.1, 0.15) is 5.56 Å². The number of rotatable bonds is 0. The second kappa shape index (κ2) is 2.34. The van der Waals surface area contributed by atoms with E-state index in [4.69, 9.17) is 0 Å². The van der Waals surface area contributed by atoms with Gasteiger partial charge in [-0.1, -0.05) is 0 Å². The molecule has 0 amide bonds. The predicted molar refractivity (Wildman–Crippen MR) is 43.9 cm³/mol. The molecule has 3 heteroatoms. The average molecular weight is 152 g/mol. The summed E-state index contributed by atoms with van der Waals surface area (Å²) < 4.78 is 0. The topological polar surface area (TPSA) is 24.1 Å². The van der Waals surface area contributed by atoms with E-state index in [0.717, 1.165) is 6.54 Å². The summed E-state index contributed by atoms with van der Waals surface area (Å²) in [5, 5.41) is 9.68. The van der Waals surface area contributed by atoms with Crippen molar-refractivity contribution in [3.8, 4) is 0 Å². The van der Waals surface area contributed by atoms with E-state index in [0.29, 0.717) is 0 Å². The second-order valence-electron chi connectivity index (χ2n) is 2.13. The Labute approximate surface area is 63.6 Å². The molecule has 52 valence electrons. The minimum absolute atomic E-state index is 0.933. The molecule has 0 unspecified atom stereocenters. The van der Waals surface area contributed by atoms with Gasteiger partial charge in [0.05, 0.1) is 5.00 Å². The van der Waals surface area contributed by atoms with Crippen molar-refractivity contribution in [2.75, 3.05) is 5.32 Å². The van der Waals surface area contributed by atoms with Crippen molar-refractivity contribution in [1.82, 2.24) is 5.32 Å². The second-order valence-corrected chi connectivity index (χ2v) is 3.05. The first-order chi connectivity index (χ1) is 4.97. The van der Waals surface area contributed by atoms with Gasteiger partial charge >= 0.3 is 0 Å². The van der Waals surface area contributed by atoms with Gasteiger partial charge < -0.3 is 10.6 Å². The van der Waals surface area contributed by atoms with Gasteiger partial charge in [0.15, 0.2) is 0 Å². The average Bonchev–Trinajstić information content (AvgIpc) is 2.28. The van der Waals surface area contributed by atoms with Crippen LogP contribution in [0, 0.1) is 0 Å². The number of anilines is 1. The lowest BCUT2D eigenvalue weighted by Gasteiger charge is -1.96. The molecule has 2 rings (SSSR count). The molecule has 0 fully saturated rings. The van der Waals surface area contributed by atoms with E-state index < -0.39 is 0 Å². The lowest BCUT2D eigenvalue weighted by Crippen LogP contribution is -2.00. The Hall–Kier alpha value is -0.960. The Morgan fingerprint density at radius 2 is 2.40 bits per heavy atom. The maximum atomic E-state index is 3.18. The van der Waals surface area contributed by atoms with E-state index in [1.807, 2.05) is 12.4 Å². The quantitative estimate of drug-likeness (QED) is 0.591. The molecule has 1 aromatic rings. The fourth-order valence-corrected chi connectivity index (χ4v) is 1.74. The van der Waals surface area contributed by atoms with Gasteiger partial charge in [0.2, 0.25) is 0 Å². The Balaban J connectivity index is 2.37. The fourth-order valence-electron chi connectivity index (χ4n) is 0.947. The number of nitrogens with one attached hydrogen (secondary N) is 2. The van der Waals surface area contributed by atoms with Gasteiger partial charge in [-0.25, -0.2) is 0 Å². The minimum atomic E-state index is 0.933. The van der Waals surface area contributed by atoms with E-state index in [-0.39, 0.29) is 0 Å². The van der Waals surface area contributed by atoms with Crippen molar-refractivity contribution in [2.24, 2.45) is 0 Å². The van der Waals surface area contributed by atoms with Gasteiger partial charge in [0, 0.05) is 24.5 Å². The molecule has 1 aliphatic rings. The van der Waals surface area contributed by atoms with E-state index in [2.05, 4.69) is 22.1 Å². The number of hydrogen-bond donors (Lipinski definition) is 2. The molecule has 0 saturated carbocycles. The normalized spacial score (nSPS) is 14.8. The van der Waals surface area contributed by atoms with Crippen molar-refractivity contribution in [2.45, 2.75) is 6.54 Å². The van der Waals surface area contributed by atoms with Crippen LogP contribution in [-0.2, 0) is 6.54 Å². The van der Waals surface area contributed by atoms with E-state index >= 15 is 0 Å². The Kier molecular flexibility index (Phi) is 1.36. The van der Waals surface area contributed by atoms with Crippen LogP contribution in [-0.4, -0.2) is 0 Å². The maximum Gasteiger partial charge on any atom is 0.0973 e. The zero-order chi connectivity index (χ0) is 6.81. The standard InChI is InChI=1S/C7H8N2S/c1-4-10-7-6(1)5-8-2-3-9-7/h1-4,8-9H,5H2. The van der Waals surface area contributed by atoms with Gasteiger partial charge in [-0.05, 0) is 11.4 Å². The van der Waals surface area contributed by atoms with Crippen LogP contribution < -0.4 is 10.6 Å². The third-order valence-corrected chi connectivity index (χ3v) is 2.34. The van der Waals surface area contributed by atoms with Crippen molar-refractivity contribution >= 4 is 16.3 Å². The van der Waals surface area contributed by atoms with Crippen LogP contribution in [0.4, 0.5) is 5.00 Å². The monoisotopic (exact) mass is 152 g/mol. The number of fused-ring (bicyclic) bond motifs is 1. The molecule has 0 aliphatic carbocycles. The van der Waals surface area contributed by atoms with Crippen LogP contribution in [0.3, 0.4) is 0 Å². The van der Waals surface area contributed by atoms with E-state index in [1.54, 1.807) is 11.3 Å². The summed E-state index contributed by atoms with van der Waals surface area (Å²) in [7, 11) is 0. The molecule has 0 aromatic carbocycles. The third kappa shape index (κ3) is 0.885. The van der Waals surface area contributed by atoms with Crippen molar-refractivity contribution in [3.05, 3.63) is 29.4 Å². The van der Waals surface area contributed by atoms with Crippen molar-refractivity contribution in [1.29, 1.82) is 0 Å². The first-order valence-corrected chi connectivity index (χ1v) is 4.06. The highest BCUT2D eigenvalue weighted by atomic mass is 32.1. The predicted octanol–water partition coefficient (Wildman–Crippen LogP) is 1.73. The minimum Gasteiger partial charge on any atom is -0.386 e. The van der Waals surface area contributed by atoms with Crippen LogP contribution in [0.25, 0.3) is 0 Å². The SMILES string of the molecule is C1=CNc2sccc2CN1. The Bertz CT molecular complexity index is 252. The largest absolute Gasteiger partial charge is 0.386 e. The van der Waals surface area contributed by atoms with E-state index in [9.17, 15) is 0 Å². The smallest absolute Gasteiger partial charge is 0.0973 e. The lowest BCUT2D eigenvalue weighted by atomic mass is 10.3. The maximum absolute atomic E-state index is 3.18. The van der Waals surface area contributed by atoms with Crippen molar-refractivity contribution < 1.29 is 0 Å². The summed E-state index contributed by atoms with van der Waals surface area (Å²) in [4.78, 5) is 0.